The van der Waals surface area contributed by atoms with Crippen LogP contribution < -0.4 is 11.5 Å². The molecule has 6 heteroatoms. The van der Waals surface area contributed by atoms with Crippen molar-refractivity contribution in [1.82, 2.24) is 9.47 Å². The lowest BCUT2D eigenvalue weighted by Gasteiger charge is -2.16. The van der Waals surface area contributed by atoms with Gasteiger partial charge in [-0.15, -0.1) is 0 Å². The van der Waals surface area contributed by atoms with Crippen LogP contribution in [0.2, 0.25) is 0 Å². The van der Waals surface area contributed by atoms with Gasteiger partial charge in [0.25, 0.3) is 0 Å². The molecule has 0 bridgehead atoms. The highest BCUT2D eigenvalue weighted by Crippen LogP contribution is 2.25. The zero-order valence-electron chi connectivity index (χ0n) is 10.6. The van der Waals surface area contributed by atoms with Crippen molar-refractivity contribution in [2.24, 2.45) is 0 Å². The minimum atomic E-state index is -0.529. The second kappa shape index (κ2) is 4.15. The summed E-state index contributed by atoms with van der Waals surface area (Å²) in [6.07, 6.45) is 2.08. The molecule has 2 N–H and O–H groups in total. The van der Waals surface area contributed by atoms with Crippen molar-refractivity contribution < 1.29 is 9.21 Å². The number of rotatable bonds is 3. The molecule has 1 fully saturated rings. The number of carbonyl (C=O) groups is 1. The van der Waals surface area contributed by atoms with Gasteiger partial charge in [0.15, 0.2) is 5.58 Å². The number of likely N-dealkylation sites (N-methyl/N-ethyl adjacent to an activating group) is 1. The standard InChI is InChI=1S/C13H15N3O3/c1-15(9-3-4-9)12(17)7-16-10-5-2-8(14)6-11(10)19-13(16)18/h2,5-6,9H,3-4,7,14H2,1H3. The van der Waals surface area contributed by atoms with Crippen LogP contribution in [0.15, 0.2) is 27.4 Å². The highest BCUT2D eigenvalue weighted by atomic mass is 16.4. The van der Waals surface area contributed by atoms with Crippen molar-refractivity contribution in [3.8, 4) is 0 Å². The summed E-state index contributed by atoms with van der Waals surface area (Å²) in [5, 5.41) is 0. The molecule has 1 aliphatic carbocycles. The van der Waals surface area contributed by atoms with Crippen molar-refractivity contribution in [2.45, 2.75) is 25.4 Å². The molecule has 0 spiro atoms. The van der Waals surface area contributed by atoms with Crippen LogP contribution in [0.1, 0.15) is 12.8 Å². The molecule has 3 rings (SSSR count). The minimum absolute atomic E-state index is 0.00273. The number of oxazole rings is 1. The first-order valence-electron chi connectivity index (χ1n) is 6.21. The van der Waals surface area contributed by atoms with Gasteiger partial charge in [-0.1, -0.05) is 0 Å². The van der Waals surface area contributed by atoms with Gasteiger partial charge in [0, 0.05) is 24.8 Å². The first-order valence-corrected chi connectivity index (χ1v) is 6.21. The van der Waals surface area contributed by atoms with Crippen LogP contribution in [0.25, 0.3) is 11.1 Å². The summed E-state index contributed by atoms with van der Waals surface area (Å²) < 4.78 is 6.44. The predicted octanol–water partition coefficient (Wildman–Crippen LogP) is 0.797. The Balaban J connectivity index is 1.94. The number of hydrogen-bond donors (Lipinski definition) is 1. The molecule has 1 aromatic carbocycles. The Morgan fingerprint density at radius 3 is 2.95 bits per heavy atom. The molecule has 0 radical (unpaired) electrons. The van der Waals surface area contributed by atoms with E-state index in [-0.39, 0.29) is 12.5 Å². The summed E-state index contributed by atoms with van der Waals surface area (Å²) in [5.74, 6) is -0.609. The summed E-state index contributed by atoms with van der Waals surface area (Å²) >= 11 is 0. The second-order valence-corrected chi connectivity index (χ2v) is 4.92. The molecule has 1 aliphatic rings. The fourth-order valence-electron chi connectivity index (χ4n) is 2.14. The van der Waals surface area contributed by atoms with Gasteiger partial charge in [-0.2, -0.15) is 0 Å². The molecule has 1 heterocycles. The number of amides is 1. The molecular weight excluding hydrogens is 246 g/mol. The van der Waals surface area contributed by atoms with Crippen LogP contribution >= 0.6 is 0 Å². The Hall–Kier alpha value is -2.24. The third kappa shape index (κ3) is 2.09. The van der Waals surface area contributed by atoms with Gasteiger partial charge in [0.1, 0.15) is 6.54 Å². The normalized spacial score (nSPS) is 14.8. The van der Waals surface area contributed by atoms with E-state index >= 15 is 0 Å². The van der Waals surface area contributed by atoms with Crippen LogP contribution in [0.4, 0.5) is 5.69 Å². The van der Waals surface area contributed by atoms with E-state index in [4.69, 9.17) is 10.2 Å². The number of nitrogens with zero attached hydrogens (tertiary/aromatic N) is 2. The van der Waals surface area contributed by atoms with Crippen LogP contribution in [-0.2, 0) is 11.3 Å². The Bertz CT molecular complexity index is 697. The Morgan fingerprint density at radius 1 is 1.53 bits per heavy atom. The summed E-state index contributed by atoms with van der Waals surface area (Å²) in [6, 6.07) is 5.29. The third-order valence-corrected chi connectivity index (χ3v) is 3.47. The fraction of sp³-hybridized carbons (Fsp3) is 0.385. The SMILES string of the molecule is CN(C(=O)Cn1c(=O)oc2cc(N)ccc21)C1CC1. The molecule has 0 saturated heterocycles. The smallest absolute Gasteiger partial charge is 0.408 e. The monoisotopic (exact) mass is 261 g/mol. The first kappa shape index (κ1) is 11.8. The van der Waals surface area contributed by atoms with Crippen LogP contribution in [0.3, 0.4) is 0 Å². The van der Waals surface area contributed by atoms with Crippen molar-refractivity contribution in [3.63, 3.8) is 0 Å². The number of carbonyl (C=O) groups excluding carboxylic acids is 1. The van der Waals surface area contributed by atoms with Crippen molar-refractivity contribution in [2.75, 3.05) is 12.8 Å². The first-order chi connectivity index (χ1) is 9.06. The van der Waals surface area contributed by atoms with E-state index < -0.39 is 5.76 Å². The molecule has 1 saturated carbocycles. The van der Waals surface area contributed by atoms with E-state index in [9.17, 15) is 9.59 Å². The number of aromatic nitrogens is 1. The van der Waals surface area contributed by atoms with Crippen LogP contribution in [0.5, 0.6) is 0 Å². The van der Waals surface area contributed by atoms with E-state index in [1.165, 1.54) is 4.57 Å². The molecule has 2 aromatic rings. The highest BCUT2D eigenvalue weighted by molar-refractivity contribution is 5.81. The number of benzene rings is 1. The molecule has 6 nitrogen and oxygen atoms in total. The summed E-state index contributed by atoms with van der Waals surface area (Å²) in [6.45, 7) is 0.00273. The zero-order chi connectivity index (χ0) is 13.6. The number of anilines is 1. The molecule has 100 valence electrons. The van der Waals surface area contributed by atoms with Crippen molar-refractivity contribution in [3.05, 3.63) is 28.7 Å². The molecule has 1 amide bonds. The van der Waals surface area contributed by atoms with Crippen LogP contribution in [-0.4, -0.2) is 28.5 Å². The van der Waals surface area contributed by atoms with Gasteiger partial charge in [-0.05, 0) is 25.0 Å². The number of hydrogen-bond acceptors (Lipinski definition) is 4. The lowest BCUT2D eigenvalue weighted by molar-refractivity contribution is -0.131. The van der Waals surface area contributed by atoms with Gasteiger partial charge in [-0.3, -0.25) is 9.36 Å². The van der Waals surface area contributed by atoms with Gasteiger partial charge in [0.2, 0.25) is 5.91 Å². The summed E-state index contributed by atoms with van der Waals surface area (Å²) in [5.41, 5.74) is 7.16. The molecular formula is C13H15N3O3. The fourth-order valence-corrected chi connectivity index (χ4v) is 2.14. The van der Waals surface area contributed by atoms with Gasteiger partial charge in [-0.25, -0.2) is 4.79 Å². The molecule has 1 aromatic heterocycles. The minimum Gasteiger partial charge on any atom is -0.408 e. The molecule has 19 heavy (non-hydrogen) atoms. The second-order valence-electron chi connectivity index (χ2n) is 4.92. The molecule has 0 aliphatic heterocycles. The van der Waals surface area contributed by atoms with E-state index in [0.29, 0.717) is 22.8 Å². The van der Waals surface area contributed by atoms with Crippen LogP contribution in [0, 0.1) is 0 Å². The maximum absolute atomic E-state index is 12.1. The largest absolute Gasteiger partial charge is 0.420 e. The lowest BCUT2D eigenvalue weighted by atomic mass is 10.3. The Labute approximate surface area is 109 Å². The quantitative estimate of drug-likeness (QED) is 0.828. The molecule has 0 unspecified atom stereocenters. The summed E-state index contributed by atoms with van der Waals surface area (Å²) in [4.78, 5) is 25.5. The topological polar surface area (TPSA) is 81.5 Å². The maximum atomic E-state index is 12.1. The van der Waals surface area contributed by atoms with Crippen molar-refractivity contribution >= 4 is 22.7 Å². The average Bonchev–Trinajstić information content (AvgIpc) is 3.15. The molecule has 0 atom stereocenters. The Morgan fingerprint density at radius 2 is 2.26 bits per heavy atom. The highest BCUT2D eigenvalue weighted by Gasteiger charge is 2.30. The number of nitrogen functional groups attached to an aromatic ring is 1. The van der Waals surface area contributed by atoms with Gasteiger partial charge >= 0.3 is 5.76 Å². The van der Waals surface area contributed by atoms with E-state index in [1.54, 1.807) is 30.1 Å². The van der Waals surface area contributed by atoms with E-state index in [2.05, 4.69) is 0 Å². The predicted molar refractivity (Wildman–Crippen MR) is 70.7 cm³/mol. The van der Waals surface area contributed by atoms with E-state index in [1.807, 2.05) is 0 Å². The lowest BCUT2D eigenvalue weighted by Crippen LogP contribution is -2.34. The number of fused-ring (bicyclic) bond motifs is 1. The van der Waals surface area contributed by atoms with Crippen molar-refractivity contribution in [1.29, 1.82) is 0 Å². The van der Waals surface area contributed by atoms with E-state index in [0.717, 1.165) is 12.8 Å². The third-order valence-electron chi connectivity index (χ3n) is 3.47. The van der Waals surface area contributed by atoms with Gasteiger partial charge in [0.05, 0.1) is 5.52 Å². The number of nitrogens with two attached hydrogens (primary N) is 1. The maximum Gasteiger partial charge on any atom is 0.420 e. The average molecular weight is 261 g/mol. The zero-order valence-corrected chi connectivity index (χ0v) is 10.6. The summed E-state index contributed by atoms with van der Waals surface area (Å²) in [7, 11) is 1.77. The van der Waals surface area contributed by atoms with Gasteiger partial charge < -0.3 is 15.1 Å². The Kier molecular flexibility index (Phi) is 2.58.